The molecule has 0 aromatic rings. The van der Waals surface area contributed by atoms with Gasteiger partial charge in [0.2, 0.25) is 0 Å². The number of rotatable bonds is 36. The second-order valence-corrected chi connectivity index (χ2v) is 19.4. The highest BCUT2D eigenvalue weighted by molar-refractivity contribution is 7.48. The second-order valence-electron chi connectivity index (χ2n) is 16.6. The van der Waals surface area contributed by atoms with Crippen molar-refractivity contribution in [3.8, 4) is 0 Å². The van der Waals surface area contributed by atoms with E-state index < -0.39 is 90.9 Å². The van der Waals surface area contributed by atoms with Gasteiger partial charge in [0.25, 0.3) is 0 Å². The largest absolute Gasteiger partial charge is 0.689 e. The van der Waals surface area contributed by atoms with Crippen molar-refractivity contribution in [3.63, 3.8) is 0 Å². The van der Waals surface area contributed by atoms with E-state index in [1.54, 1.807) is 0 Å². The number of aliphatic hydroxyl groups is 3. The summed E-state index contributed by atoms with van der Waals surface area (Å²) < 4.78 is 74.1. The molecule has 2 aliphatic rings. The lowest BCUT2D eigenvalue weighted by Crippen LogP contribution is -2.65. The fourth-order valence-electron chi connectivity index (χ4n) is 7.55. The van der Waals surface area contributed by atoms with Gasteiger partial charge in [0.05, 0.1) is 6.61 Å². The standard InChI is InChI=1S/C41H78BFO16P2/c1-3-5-7-9-11-13-15-17-19-21-23-25-27-29-34(44)53-31-33(55-35(45)30-28-26-24-22-20-18-16-14-12-10-8-6-4-2)32-54-60(49,50)57-39-37(47)36(46)38(48)40-41(39)56-42(43)59-61(51,52)58-40/h33,36-41,46-48H,3-32H2,1-2H3,(H,49,50)(H,51,52)/t33-,36-,37-,38+,39+,40-,41+/m1/s1. The minimum atomic E-state index is -5.33. The predicted octanol–water partition coefficient (Wildman–Crippen LogP) is 8.86. The number of unbranched alkanes of at least 4 members (excludes halogenated alkanes) is 24. The maximum Gasteiger partial charge on any atom is 0.689 e. The van der Waals surface area contributed by atoms with Crippen LogP contribution in [0.3, 0.4) is 0 Å². The molecule has 0 aromatic heterocycles. The van der Waals surface area contributed by atoms with Crippen LogP contribution in [-0.2, 0) is 50.9 Å². The van der Waals surface area contributed by atoms with Crippen LogP contribution in [0.1, 0.15) is 194 Å². The van der Waals surface area contributed by atoms with Gasteiger partial charge in [0.15, 0.2) is 6.10 Å². The zero-order valence-electron chi connectivity index (χ0n) is 36.8. The third-order valence-corrected chi connectivity index (χ3v) is 13.1. The molecule has 2 unspecified atom stereocenters. The van der Waals surface area contributed by atoms with E-state index in [-0.39, 0.29) is 12.8 Å². The summed E-state index contributed by atoms with van der Waals surface area (Å²) in [5, 5.41) is 31.3. The average Bonchev–Trinajstić information content (AvgIpc) is 3.34. The number of esters is 2. The van der Waals surface area contributed by atoms with E-state index in [1.165, 1.54) is 103 Å². The molecule has 5 N–H and O–H groups in total. The van der Waals surface area contributed by atoms with E-state index in [0.29, 0.717) is 12.8 Å². The summed E-state index contributed by atoms with van der Waals surface area (Å²) in [6.07, 6.45) is 15.5. The molecular formula is C41H78BFO16P2. The Morgan fingerprint density at radius 2 is 1.08 bits per heavy atom. The molecular weight excluding hydrogens is 840 g/mol. The maximum atomic E-state index is 14.3. The fourth-order valence-corrected chi connectivity index (χ4v) is 9.38. The number of ether oxygens (including phenoxy) is 2. The molecule has 2 fully saturated rings. The number of hydrogen-bond acceptors (Lipinski definition) is 14. The van der Waals surface area contributed by atoms with Crippen molar-refractivity contribution >= 4 is 35.0 Å². The van der Waals surface area contributed by atoms with Crippen molar-refractivity contribution in [2.24, 2.45) is 0 Å². The van der Waals surface area contributed by atoms with Crippen LogP contribution in [0.5, 0.6) is 0 Å². The number of phosphoric acid groups is 2. The van der Waals surface area contributed by atoms with Gasteiger partial charge in [0, 0.05) is 12.8 Å². The van der Waals surface area contributed by atoms with Crippen LogP contribution < -0.4 is 0 Å². The Morgan fingerprint density at radius 1 is 0.656 bits per heavy atom. The second kappa shape index (κ2) is 32.6. The van der Waals surface area contributed by atoms with Crippen LogP contribution in [0.4, 0.5) is 4.32 Å². The number of hydrogen-bond donors (Lipinski definition) is 5. The summed E-state index contributed by atoms with van der Waals surface area (Å²) >= 11 is 0. The zero-order valence-corrected chi connectivity index (χ0v) is 38.6. The van der Waals surface area contributed by atoms with E-state index >= 15 is 0 Å². The first-order chi connectivity index (χ1) is 29.2. The lowest BCUT2D eigenvalue weighted by atomic mass is 9.84. The molecule has 0 aromatic carbocycles. The first kappa shape index (κ1) is 56.1. The fraction of sp³-hybridized carbons (Fsp3) is 0.951. The lowest BCUT2D eigenvalue weighted by Gasteiger charge is -2.44. The Morgan fingerprint density at radius 3 is 1.54 bits per heavy atom. The van der Waals surface area contributed by atoms with Crippen LogP contribution in [0.25, 0.3) is 0 Å². The first-order valence-electron chi connectivity index (χ1n) is 23.2. The van der Waals surface area contributed by atoms with Crippen LogP contribution in [-0.4, -0.2) is 100 Å². The molecule has 9 atom stereocenters. The van der Waals surface area contributed by atoms with Crippen molar-refractivity contribution in [1.82, 2.24) is 0 Å². The van der Waals surface area contributed by atoms with Gasteiger partial charge in [-0.15, -0.1) is 0 Å². The Kier molecular flexibility index (Phi) is 30.0. The number of phosphoric ester groups is 2. The van der Waals surface area contributed by atoms with Gasteiger partial charge < -0.3 is 39.2 Å². The molecule has 1 aliphatic heterocycles. The van der Waals surface area contributed by atoms with Crippen LogP contribution in [0.2, 0.25) is 0 Å². The topological polar surface area (TPSA) is 234 Å². The average molecular weight is 919 g/mol. The molecule has 0 spiro atoms. The zero-order chi connectivity index (χ0) is 44.9. The molecule has 0 amide bonds. The van der Waals surface area contributed by atoms with Gasteiger partial charge in [-0.25, -0.2) is 9.13 Å². The van der Waals surface area contributed by atoms with E-state index in [9.17, 15) is 48.1 Å². The van der Waals surface area contributed by atoms with Crippen molar-refractivity contribution < 1.29 is 80.3 Å². The molecule has 61 heavy (non-hydrogen) atoms. The van der Waals surface area contributed by atoms with E-state index in [1.807, 2.05) is 0 Å². The Hall–Kier alpha value is -1.01. The Bertz CT molecular complexity index is 1270. The highest BCUT2D eigenvalue weighted by Crippen LogP contribution is 2.53. The first-order valence-corrected chi connectivity index (χ1v) is 26.2. The summed E-state index contributed by atoms with van der Waals surface area (Å²) in [5.74, 6) is -1.20. The lowest BCUT2D eigenvalue weighted by molar-refractivity contribution is -0.209. The number of carbonyl (C=O) groups excluding carboxylic acids is 2. The quantitative estimate of drug-likeness (QED) is 0.0171. The number of fused-ring (bicyclic) bond motifs is 1. The van der Waals surface area contributed by atoms with Crippen molar-refractivity contribution in [3.05, 3.63) is 0 Å². The SMILES string of the molecule is CCCCCCCCCCCCCCCC(=O)OC[C@H](COP(=O)(O)O[C@H]1[C@H](O)[C@@H](O)[C@H](O)[C@H]2OP(=O)(O)OB(F)O[C@H]21)OC(=O)CCCCCCCCCCCCCCC. The smallest absolute Gasteiger partial charge is 0.462 e. The number of aliphatic hydroxyl groups excluding tert-OH is 3. The molecule has 16 nitrogen and oxygen atoms in total. The van der Waals surface area contributed by atoms with Crippen molar-refractivity contribution in [2.45, 2.75) is 236 Å². The van der Waals surface area contributed by atoms with Crippen LogP contribution in [0.15, 0.2) is 0 Å². The third kappa shape index (κ3) is 25.3. The number of halogens is 1. The molecule has 1 aliphatic carbocycles. The summed E-state index contributed by atoms with van der Waals surface area (Å²) in [4.78, 5) is 45.8. The Balaban J connectivity index is 1.86. The predicted molar refractivity (Wildman–Crippen MR) is 228 cm³/mol. The minimum Gasteiger partial charge on any atom is -0.462 e. The van der Waals surface area contributed by atoms with E-state index in [2.05, 4.69) is 18.3 Å². The molecule has 20 heteroatoms. The normalized spacial score (nSPS) is 25.7. The molecule has 1 heterocycles. The van der Waals surface area contributed by atoms with Crippen LogP contribution >= 0.6 is 15.6 Å². The van der Waals surface area contributed by atoms with Gasteiger partial charge in [-0.05, 0) is 12.8 Å². The molecule has 0 radical (unpaired) electrons. The van der Waals surface area contributed by atoms with Crippen molar-refractivity contribution in [1.29, 1.82) is 0 Å². The van der Waals surface area contributed by atoms with E-state index in [0.717, 1.165) is 51.4 Å². The molecule has 1 saturated carbocycles. The Labute approximate surface area is 364 Å². The van der Waals surface area contributed by atoms with Gasteiger partial charge in [-0.1, -0.05) is 168 Å². The molecule has 358 valence electrons. The van der Waals surface area contributed by atoms with Crippen molar-refractivity contribution in [2.75, 3.05) is 13.2 Å². The summed E-state index contributed by atoms with van der Waals surface area (Å²) in [6, 6.07) is 0. The minimum absolute atomic E-state index is 0.0462. The van der Waals surface area contributed by atoms with Gasteiger partial charge in [0.1, 0.15) is 43.2 Å². The maximum absolute atomic E-state index is 14.3. The summed E-state index contributed by atoms with van der Waals surface area (Å²) in [7, 11) is -13.5. The van der Waals surface area contributed by atoms with Gasteiger partial charge in [-0.2, -0.15) is 0 Å². The highest BCUT2D eigenvalue weighted by Gasteiger charge is 2.59. The van der Waals surface area contributed by atoms with Gasteiger partial charge in [-0.3, -0.25) is 31.9 Å². The molecule has 0 bridgehead atoms. The van der Waals surface area contributed by atoms with E-state index in [4.69, 9.17) is 27.7 Å². The highest BCUT2D eigenvalue weighted by atomic mass is 31.2. The summed E-state index contributed by atoms with van der Waals surface area (Å²) in [5.41, 5.74) is 0. The molecule has 1 saturated heterocycles. The van der Waals surface area contributed by atoms with Crippen LogP contribution in [0, 0.1) is 0 Å². The number of carbonyl (C=O) groups is 2. The molecule has 2 rings (SSSR count). The van der Waals surface area contributed by atoms with Gasteiger partial charge >= 0.3 is 35.0 Å². The summed E-state index contributed by atoms with van der Waals surface area (Å²) in [6.45, 7) is 3.09. The monoisotopic (exact) mass is 918 g/mol. The third-order valence-electron chi connectivity index (χ3n) is 11.1.